The SMILES string of the molecule is CC(C)(C)c1noc(C(=O)NCc2ccc(-c3ccncc3N3CCN(C(=O)O)C(C(C)(C)C)C3)cc2C(F)(F)F)n1. The number of carbonyl (C=O) groups excluding carboxylic acids is 1. The fourth-order valence-electron chi connectivity index (χ4n) is 4.89. The van der Waals surface area contributed by atoms with E-state index in [9.17, 15) is 27.9 Å². The Kier molecular flexibility index (Phi) is 8.25. The van der Waals surface area contributed by atoms with Crippen LogP contribution in [0.2, 0.25) is 0 Å². The molecular weight excluding hydrogens is 553 g/mol. The molecule has 1 saturated heterocycles. The van der Waals surface area contributed by atoms with E-state index in [0.29, 0.717) is 35.7 Å². The summed E-state index contributed by atoms with van der Waals surface area (Å²) < 4.78 is 47.7. The molecule has 1 fully saturated rings. The number of aromatic nitrogens is 3. The quantitative estimate of drug-likeness (QED) is 0.395. The Labute approximate surface area is 241 Å². The van der Waals surface area contributed by atoms with E-state index in [2.05, 4.69) is 20.4 Å². The molecular formula is C29H35F3N6O4. The lowest BCUT2D eigenvalue weighted by atomic mass is 9.84. The van der Waals surface area contributed by atoms with Gasteiger partial charge in [-0.1, -0.05) is 58.8 Å². The highest BCUT2D eigenvalue weighted by Crippen LogP contribution is 2.39. The lowest BCUT2D eigenvalue weighted by Gasteiger charge is -2.47. The minimum absolute atomic E-state index is 0.131. The van der Waals surface area contributed by atoms with Crippen LogP contribution in [0, 0.1) is 5.41 Å². The smallest absolute Gasteiger partial charge is 0.416 e. The molecule has 4 rings (SSSR count). The predicted octanol–water partition coefficient (Wildman–Crippen LogP) is 5.59. The first-order valence-electron chi connectivity index (χ1n) is 13.5. The van der Waals surface area contributed by atoms with Gasteiger partial charge in [-0.2, -0.15) is 18.2 Å². The van der Waals surface area contributed by atoms with Gasteiger partial charge < -0.3 is 24.7 Å². The maximum Gasteiger partial charge on any atom is 0.416 e. The number of nitrogens with zero attached hydrogens (tertiary/aromatic N) is 5. The number of amides is 2. The van der Waals surface area contributed by atoms with Crippen LogP contribution in [0.15, 0.2) is 41.2 Å². The average molecular weight is 589 g/mol. The molecule has 0 aliphatic carbocycles. The Morgan fingerprint density at radius 3 is 2.40 bits per heavy atom. The summed E-state index contributed by atoms with van der Waals surface area (Å²) in [5, 5.41) is 15.9. The molecule has 10 nitrogen and oxygen atoms in total. The van der Waals surface area contributed by atoms with Gasteiger partial charge in [0.25, 0.3) is 0 Å². The fraction of sp³-hybridized carbons (Fsp3) is 0.483. The van der Waals surface area contributed by atoms with Gasteiger partial charge in [-0.25, -0.2) is 4.79 Å². The second-order valence-electron chi connectivity index (χ2n) is 12.4. The normalized spacial score (nSPS) is 16.5. The van der Waals surface area contributed by atoms with Crippen LogP contribution < -0.4 is 10.2 Å². The molecule has 1 unspecified atom stereocenters. The molecule has 0 spiro atoms. The Morgan fingerprint density at radius 1 is 1.10 bits per heavy atom. The highest BCUT2D eigenvalue weighted by molar-refractivity contribution is 5.89. The van der Waals surface area contributed by atoms with Crippen molar-refractivity contribution in [1.29, 1.82) is 0 Å². The molecule has 1 aromatic carbocycles. The fourth-order valence-corrected chi connectivity index (χ4v) is 4.89. The van der Waals surface area contributed by atoms with Crippen LogP contribution in [0.4, 0.5) is 23.7 Å². The maximum atomic E-state index is 14.2. The van der Waals surface area contributed by atoms with Crippen LogP contribution in [0.25, 0.3) is 11.1 Å². The standard InChI is InChI=1S/C29H35F3N6O4/c1-27(2,3)22-16-37(11-12-38(22)26(40)41)21-15-33-10-9-19(21)17-7-8-18(20(13-17)29(30,31)32)14-34-23(39)24-35-25(36-42-24)28(4,5)6/h7-10,13,15,22H,11-12,14,16H2,1-6H3,(H,34,39)(H,40,41). The number of nitrogens with one attached hydrogen (secondary N) is 1. The second-order valence-corrected chi connectivity index (χ2v) is 12.4. The van der Waals surface area contributed by atoms with Crippen molar-refractivity contribution in [3.63, 3.8) is 0 Å². The molecule has 226 valence electrons. The second kappa shape index (κ2) is 11.3. The maximum absolute atomic E-state index is 14.2. The third-order valence-corrected chi connectivity index (χ3v) is 7.22. The van der Waals surface area contributed by atoms with Crippen molar-refractivity contribution >= 4 is 17.7 Å². The lowest BCUT2D eigenvalue weighted by molar-refractivity contribution is -0.138. The van der Waals surface area contributed by atoms with Gasteiger partial charge in [-0.15, -0.1) is 0 Å². The highest BCUT2D eigenvalue weighted by atomic mass is 19.4. The summed E-state index contributed by atoms with van der Waals surface area (Å²) >= 11 is 0. The number of piperazine rings is 1. The number of rotatable bonds is 5. The van der Waals surface area contributed by atoms with E-state index in [1.165, 1.54) is 17.2 Å². The first kappa shape index (κ1) is 30.8. The van der Waals surface area contributed by atoms with Gasteiger partial charge in [-0.05, 0) is 28.7 Å². The van der Waals surface area contributed by atoms with Crippen molar-refractivity contribution in [3.8, 4) is 11.1 Å². The highest BCUT2D eigenvalue weighted by Gasteiger charge is 2.39. The van der Waals surface area contributed by atoms with Crippen LogP contribution in [0.5, 0.6) is 0 Å². The van der Waals surface area contributed by atoms with Gasteiger partial charge in [0.1, 0.15) is 0 Å². The minimum atomic E-state index is -4.70. The summed E-state index contributed by atoms with van der Waals surface area (Å²) in [7, 11) is 0. The molecule has 2 aromatic heterocycles. The Balaban J connectivity index is 1.62. The molecule has 0 saturated carbocycles. The van der Waals surface area contributed by atoms with Crippen molar-refractivity contribution < 1.29 is 32.4 Å². The molecule has 2 N–H and O–H groups in total. The molecule has 1 atom stereocenters. The van der Waals surface area contributed by atoms with Gasteiger partial charge in [0.05, 0.1) is 23.5 Å². The Bertz CT molecular complexity index is 1460. The number of pyridine rings is 1. The Hall–Kier alpha value is -4.16. The van der Waals surface area contributed by atoms with E-state index in [1.807, 2.05) is 46.4 Å². The number of hydrogen-bond donors (Lipinski definition) is 2. The molecule has 3 aromatic rings. The van der Waals surface area contributed by atoms with E-state index in [-0.39, 0.29) is 29.5 Å². The minimum Gasteiger partial charge on any atom is -0.465 e. The topological polar surface area (TPSA) is 125 Å². The van der Waals surface area contributed by atoms with Crippen LogP contribution in [-0.2, 0) is 18.1 Å². The van der Waals surface area contributed by atoms with Gasteiger partial charge in [0, 0.05) is 43.4 Å². The summed E-state index contributed by atoms with van der Waals surface area (Å²) in [6, 6.07) is 5.25. The van der Waals surface area contributed by atoms with Crippen molar-refractivity contribution in [3.05, 3.63) is 59.5 Å². The van der Waals surface area contributed by atoms with Gasteiger partial charge in [-0.3, -0.25) is 9.78 Å². The van der Waals surface area contributed by atoms with Crippen molar-refractivity contribution in [2.45, 2.75) is 65.7 Å². The van der Waals surface area contributed by atoms with Crippen molar-refractivity contribution in [2.24, 2.45) is 5.41 Å². The van der Waals surface area contributed by atoms with Gasteiger partial charge in [0.2, 0.25) is 0 Å². The molecule has 0 bridgehead atoms. The number of carbonyl (C=O) groups is 2. The molecule has 1 aliphatic heterocycles. The molecule has 2 amide bonds. The van der Waals surface area contributed by atoms with Crippen LogP contribution in [-0.4, -0.2) is 62.8 Å². The van der Waals surface area contributed by atoms with Crippen molar-refractivity contribution in [2.75, 3.05) is 24.5 Å². The third-order valence-electron chi connectivity index (χ3n) is 7.22. The zero-order valence-corrected chi connectivity index (χ0v) is 24.4. The summed E-state index contributed by atoms with van der Waals surface area (Å²) in [6.07, 6.45) is -2.61. The van der Waals surface area contributed by atoms with E-state index >= 15 is 0 Å². The first-order valence-corrected chi connectivity index (χ1v) is 13.5. The number of halogens is 3. The van der Waals surface area contributed by atoms with Crippen LogP contribution in [0.1, 0.15) is 69.2 Å². The van der Waals surface area contributed by atoms with Crippen molar-refractivity contribution in [1.82, 2.24) is 25.3 Å². The van der Waals surface area contributed by atoms with Gasteiger partial charge >= 0.3 is 24.1 Å². The molecule has 42 heavy (non-hydrogen) atoms. The molecule has 0 radical (unpaired) electrons. The molecule has 1 aliphatic rings. The molecule has 13 heteroatoms. The molecule has 3 heterocycles. The van der Waals surface area contributed by atoms with Crippen LogP contribution >= 0.6 is 0 Å². The first-order chi connectivity index (χ1) is 19.5. The Morgan fingerprint density at radius 2 is 1.81 bits per heavy atom. The summed E-state index contributed by atoms with van der Waals surface area (Å²) in [4.78, 5) is 36.1. The van der Waals surface area contributed by atoms with Crippen LogP contribution in [0.3, 0.4) is 0 Å². The zero-order chi connectivity index (χ0) is 31.0. The zero-order valence-electron chi connectivity index (χ0n) is 24.4. The summed E-state index contributed by atoms with van der Waals surface area (Å²) in [5.74, 6) is -0.803. The largest absolute Gasteiger partial charge is 0.465 e. The number of hydrogen-bond acceptors (Lipinski definition) is 7. The van der Waals surface area contributed by atoms with E-state index < -0.39 is 35.7 Å². The third kappa shape index (κ3) is 6.66. The number of anilines is 1. The van der Waals surface area contributed by atoms with E-state index in [1.54, 1.807) is 18.3 Å². The number of benzene rings is 1. The monoisotopic (exact) mass is 588 g/mol. The number of alkyl halides is 3. The predicted molar refractivity (Wildman–Crippen MR) is 149 cm³/mol. The van der Waals surface area contributed by atoms with E-state index in [0.717, 1.165) is 6.07 Å². The summed E-state index contributed by atoms with van der Waals surface area (Å²) in [5.41, 5.74) is -0.412. The number of carboxylic acid groups (broad SMARTS) is 1. The average Bonchev–Trinajstić information content (AvgIpc) is 3.42. The van der Waals surface area contributed by atoms with E-state index in [4.69, 9.17) is 4.52 Å². The summed E-state index contributed by atoms with van der Waals surface area (Å²) in [6.45, 7) is 11.9. The van der Waals surface area contributed by atoms with Gasteiger partial charge in [0.15, 0.2) is 5.82 Å². The lowest BCUT2D eigenvalue weighted by Crippen LogP contribution is -2.59.